The van der Waals surface area contributed by atoms with Gasteiger partial charge in [0.25, 0.3) is 0 Å². The molecule has 0 spiro atoms. The Labute approximate surface area is 81.0 Å². The quantitative estimate of drug-likeness (QED) is 0.696. The van der Waals surface area contributed by atoms with Crippen LogP contribution in [0.5, 0.6) is 0 Å². The van der Waals surface area contributed by atoms with E-state index >= 15 is 0 Å². The molecule has 0 saturated heterocycles. The second-order valence-corrected chi connectivity index (χ2v) is 3.55. The van der Waals surface area contributed by atoms with Crippen molar-refractivity contribution in [2.45, 2.75) is 53.5 Å². The van der Waals surface area contributed by atoms with Gasteiger partial charge < -0.3 is 4.57 Å². The van der Waals surface area contributed by atoms with Gasteiger partial charge in [-0.05, 0) is 27.2 Å². The van der Waals surface area contributed by atoms with Crippen molar-refractivity contribution in [3.05, 3.63) is 17.2 Å². The molecule has 0 unspecified atom stereocenters. The number of rotatable bonds is 4. The Kier molecular flexibility index (Phi) is 3.52. The van der Waals surface area contributed by atoms with Crippen LogP contribution in [-0.4, -0.2) is 9.55 Å². The highest BCUT2D eigenvalue weighted by molar-refractivity contribution is 5.14. The number of unbranched alkanes of at least 4 members (excludes halogenated alkanes) is 1. The van der Waals surface area contributed by atoms with Crippen molar-refractivity contribution < 1.29 is 0 Å². The van der Waals surface area contributed by atoms with Crippen molar-refractivity contribution in [1.82, 2.24) is 9.55 Å². The third-order valence-electron chi connectivity index (χ3n) is 2.61. The topological polar surface area (TPSA) is 17.8 Å². The van der Waals surface area contributed by atoms with Crippen LogP contribution in [0.15, 0.2) is 0 Å². The van der Waals surface area contributed by atoms with Gasteiger partial charge in [-0.15, -0.1) is 0 Å². The van der Waals surface area contributed by atoms with E-state index in [1.54, 1.807) is 0 Å². The summed E-state index contributed by atoms with van der Waals surface area (Å²) in [7, 11) is 0. The Morgan fingerprint density at radius 3 is 2.46 bits per heavy atom. The van der Waals surface area contributed by atoms with Crippen LogP contribution in [0, 0.1) is 13.8 Å². The lowest BCUT2D eigenvalue weighted by molar-refractivity contribution is 0.650. The second kappa shape index (κ2) is 4.45. The Balaban J connectivity index is 2.86. The molecule has 0 aliphatic heterocycles. The second-order valence-electron chi connectivity index (χ2n) is 3.55. The fraction of sp³-hybridized carbons (Fsp3) is 0.727. The number of aryl methyl sites for hydroxylation is 2. The summed E-state index contributed by atoms with van der Waals surface area (Å²) < 4.78 is 2.32. The van der Waals surface area contributed by atoms with Gasteiger partial charge in [-0.2, -0.15) is 0 Å². The lowest BCUT2D eigenvalue weighted by Gasteiger charge is -2.05. The average Bonchev–Trinajstić information content (AvgIpc) is 2.39. The third kappa shape index (κ3) is 2.11. The predicted molar refractivity (Wildman–Crippen MR) is 56.0 cm³/mol. The monoisotopic (exact) mass is 180 g/mol. The first-order valence-corrected chi connectivity index (χ1v) is 5.23. The molecule has 1 rings (SSSR count). The zero-order valence-corrected chi connectivity index (χ0v) is 9.22. The molecule has 1 heterocycles. The summed E-state index contributed by atoms with van der Waals surface area (Å²) in [6, 6.07) is 0. The van der Waals surface area contributed by atoms with Gasteiger partial charge in [-0.3, -0.25) is 0 Å². The summed E-state index contributed by atoms with van der Waals surface area (Å²) in [5.41, 5.74) is 2.52. The van der Waals surface area contributed by atoms with Gasteiger partial charge in [0.15, 0.2) is 0 Å². The van der Waals surface area contributed by atoms with Crippen molar-refractivity contribution >= 4 is 0 Å². The Morgan fingerprint density at radius 1 is 1.23 bits per heavy atom. The Hall–Kier alpha value is -0.790. The SMILES string of the molecule is CCCCc1nc(C)c(C)n1CC. The van der Waals surface area contributed by atoms with Gasteiger partial charge in [0.1, 0.15) is 5.82 Å². The van der Waals surface area contributed by atoms with E-state index in [0.717, 1.165) is 13.0 Å². The highest BCUT2D eigenvalue weighted by Gasteiger charge is 2.07. The van der Waals surface area contributed by atoms with E-state index in [9.17, 15) is 0 Å². The molecule has 0 aliphatic carbocycles. The molecule has 0 bridgehead atoms. The van der Waals surface area contributed by atoms with Gasteiger partial charge in [0.2, 0.25) is 0 Å². The van der Waals surface area contributed by atoms with E-state index in [2.05, 4.69) is 37.2 Å². The van der Waals surface area contributed by atoms with Crippen molar-refractivity contribution in [1.29, 1.82) is 0 Å². The van der Waals surface area contributed by atoms with E-state index in [1.165, 1.54) is 30.1 Å². The first-order valence-electron chi connectivity index (χ1n) is 5.23. The molecule has 0 radical (unpaired) electrons. The summed E-state index contributed by atoms with van der Waals surface area (Å²) >= 11 is 0. The number of hydrogen-bond acceptors (Lipinski definition) is 1. The van der Waals surface area contributed by atoms with Crippen LogP contribution in [0.2, 0.25) is 0 Å². The summed E-state index contributed by atoms with van der Waals surface area (Å²) in [5.74, 6) is 1.26. The van der Waals surface area contributed by atoms with Crippen molar-refractivity contribution in [2.75, 3.05) is 0 Å². The Bertz CT molecular complexity index is 274. The van der Waals surface area contributed by atoms with E-state index < -0.39 is 0 Å². The lowest BCUT2D eigenvalue weighted by atomic mass is 10.2. The highest BCUT2D eigenvalue weighted by atomic mass is 15.1. The molecule has 0 amide bonds. The maximum Gasteiger partial charge on any atom is 0.109 e. The molecule has 2 heteroatoms. The fourth-order valence-electron chi connectivity index (χ4n) is 1.67. The lowest BCUT2D eigenvalue weighted by Crippen LogP contribution is -2.03. The molecule has 0 saturated carbocycles. The summed E-state index contributed by atoms with van der Waals surface area (Å²) in [5, 5.41) is 0. The highest BCUT2D eigenvalue weighted by Crippen LogP contribution is 2.12. The molecular formula is C11H20N2. The first-order chi connectivity index (χ1) is 6.20. The van der Waals surface area contributed by atoms with Crippen molar-refractivity contribution in [3.63, 3.8) is 0 Å². The zero-order chi connectivity index (χ0) is 9.84. The first kappa shape index (κ1) is 10.3. The van der Waals surface area contributed by atoms with Crippen LogP contribution in [0.1, 0.15) is 43.9 Å². The fourth-order valence-corrected chi connectivity index (χ4v) is 1.67. The van der Waals surface area contributed by atoms with Crippen LogP contribution in [0.3, 0.4) is 0 Å². The van der Waals surface area contributed by atoms with Crippen molar-refractivity contribution in [3.8, 4) is 0 Å². The zero-order valence-electron chi connectivity index (χ0n) is 9.22. The molecular weight excluding hydrogens is 160 g/mol. The van der Waals surface area contributed by atoms with Crippen molar-refractivity contribution in [2.24, 2.45) is 0 Å². The molecule has 1 aromatic rings. The van der Waals surface area contributed by atoms with E-state index in [0.29, 0.717) is 0 Å². The van der Waals surface area contributed by atoms with Crippen LogP contribution in [0.25, 0.3) is 0 Å². The van der Waals surface area contributed by atoms with E-state index in [1.807, 2.05) is 0 Å². The van der Waals surface area contributed by atoms with Gasteiger partial charge in [0, 0.05) is 18.7 Å². The number of nitrogens with zero attached hydrogens (tertiary/aromatic N) is 2. The standard InChI is InChI=1S/C11H20N2/c1-5-7-8-11-12-9(3)10(4)13(11)6-2/h5-8H2,1-4H3. The van der Waals surface area contributed by atoms with Crippen LogP contribution in [0.4, 0.5) is 0 Å². The minimum atomic E-state index is 1.05. The van der Waals surface area contributed by atoms with Crippen LogP contribution >= 0.6 is 0 Å². The number of hydrogen-bond donors (Lipinski definition) is 0. The van der Waals surface area contributed by atoms with E-state index in [-0.39, 0.29) is 0 Å². The van der Waals surface area contributed by atoms with Crippen LogP contribution < -0.4 is 0 Å². The largest absolute Gasteiger partial charge is 0.332 e. The smallest absolute Gasteiger partial charge is 0.109 e. The summed E-state index contributed by atoms with van der Waals surface area (Å²) in [6.45, 7) is 9.70. The third-order valence-corrected chi connectivity index (χ3v) is 2.61. The molecule has 74 valence electrons. The predicted octanol–water partition coefficient (Wildman–Crippen LogP) is 2.86. The minimum absolute atomic E-state index is 1.05. The molecule has 13 heavy (non-hydrogen) atoms. The summed E-state index contributed by atoms with van der Waals surface area (Å²) in [6.07, 6.45) is 3.61. The van der Waals surface area contributed by atoms with Gasteiger partial charge in [0.05, 0.1) is 5.69 Å². The average molecular weight is 180 g/mol. The van der Waals surface area contributed by atoms with Crippen LogP contribution in [-0.2, 0) is 13.0 Å². The summed E-state index contributed by atoms with van der Waals surface area (Å²) in [4.78, 5) is 4.58. The van der Waals surface area contributed by atoms with Gasteiger partial charge in [-0.1, -0.05) is 13.3 Å². The Morgan fingerprint density at radius 2 is 1.92 bits per heavy atom. The molecule has 0 fully saturated rings. The molecule has 0 aromatic carbocycles. The van der Waals surface area contributed by atoms with E-state index in [4.69, 9.17) is 0 Å². The molecule has 2 nitrogen and oxygen atoms in total. The molecule has 0 N–H and O–H groups in total. The van der Waals surface area contributed by atoms with Gasteiger partial charge in [-0.25, -0.2) is 4.98 Å². The molecule has 0 atom stereocenters. The molecule has 0 aliphatic rings. The number of aromatic nitrogens is 2. The number of imidazole rings is 1. The maximum atomic E-state index is 4.58. The normalized spacial score (nSPS) is 10.8. The van der Waals surface area contributed by atoms with Gasteiger partial charge >= 0.3 is 0 Å². The minimum Gasteiger partial charge on any atom is -0.332 e. The maximum absolute atomic E-state index is 4.58. The molecule has 1 aromatic heterocycles.